The van der Waals surface area contributed by atoms with Crippen LogP contribution in [-0.2, 0) is 12.8 Å². The minimum atomic E-state index is 0.0684. The molecule has 310 valence electrons. The number of carbonyl (C=O) groups excluding carboxylic acids is 1. The highest BCUT2D eigenvalue weighted by Crippen LogP contribution is 2.47. The number of amides is 2. The first-order chi connectivity index (χ1) is 27.4. The Labute approximate surface area is 351 Å². The molecule has 4 heterocycles. The van der Waals surface area contributed by atoms with Crippen LogP contribution in [0.15, 0.2) is 29.2 Å². The summed E-state index contributed by atoms with van der Waals surface area (Å²) in [4.78, 5) is 30.6. The maximum Gasteiger partial charge on any atom is 0.317 e. The molecule has 2 aromatic carbocycles. The van der Waals surface area contributed by atoms with Crippen LogP contribution in [0.3, 0.4) is 0 Å². The minimum Gasteiger partial charge on any atom is -0.359 e. The van der Waals surface area contributed by atoms with Gasteiger partial charge in [-0.15, -0.1) is 11.8 Å². The number of thioether (sulfide) groups is 1. The zero-order valence-corrected chi connectivity index (χ0v) is 37.9. The van der Waals surface area contributed by atoms with Crippen molar-refractivity contribution in [1.82, 2.24) is 40.2 Å². The van der Waals surface area contributed by atoms with E-state index in [9.17, 15) is 4.79 Å². The maximum atomic E-state index is 12.6. The van der Waals surface area contributed by atoms with Crippen molar-refractivity contribution in [3.05, 3.63) is 63.5 Å². The highest BCUT2D eigenvalue weighted by atomic mass is 32.2. The summed E-state index contributed by atoms with van der Waals surface area (Å²) in [5.41, 5.74) is 12.6. The number of piperidine rings is 2. The molecule has 4 aromatic rings. The van der Waals surface area contributed by atoms with E-state index in [4.69, 9.17) is 12.2 Å². The second-order valence-electron chi connectivity index (χ2n) is 17.2. The predicted octanol–water partition coefficient (Wildman–Crippen LogP) is 8.46. The van der Waals surface area contributed by atoms with Crippen molar-refractivity contribution in [3.63, 3.8) is 0 Å². The zero-order chi connectivity index (χ0) is 40.7. The summed E-state index contributed by atoms with van der Waals surface area (Å²) in [6.07, 6.45) is 7.77. The first-order valence-corrected chi connectivity index (χ1v) is 23.4. The summed E-state index contributed by atoms with van der Waals surface area (Å²) in [5.74, 6) is 1.02. The summed E-state index contributed by atoms with van der Waals surface area (Å²) in [6.45, 7) is 24.0. The molecule has 0 unspecified atom stereocenters. The number of aromatic nitrogens is 2. The van der Waals surface area contributed by atoms with Crippen molar-refractivity contribution in [2.75, 3.05) is 59.1 Å². The van der Waals surface area contributed by atoms with Crippen molar-refractivity contribution < 1.29 is 4.79 Å². The highest BCUT2D eigenvalue weighted by Gasteiger charge is 2.43. The van der Waals surface area contributed by atoms with Gasteiger partial charge in [0.25, 0.3) is 0 Å². The van der Waals surface area contributed by atoms with Crippen molar-refractivity contribution in [2.45, 2.75) is 128 Å². The number of nitrogens with one attached hydrogen (secondary N) is 4. The van der Waals surface area contributed by atoms with E-state index in [1.165, 1.54) is 67.6 Å². The van der Waals surface area contributed by atoms with Crippen molar-refractivity contribution in [1.29, 1.82) is 0 Å². The Bertz CT molecular complexity index is 2080. The van der Waals surface area contributed by atoms with Gasteiger partial charge in [0.05, 0.1) is 0 Å². The number of aryl methyl sites for hydroxylation is 3. The standard InChI is InChI=1S/C24H36N4S.C22H32N4OS/c1-6-9-28-14-17(26-24(29)27(7-2)8-3)12-19-20-10-15(4)11-21-23(20)18(13-22(19)28)16(5)25-21;1-6-26(7-2)22(27)24-14-8-17-18-9-15(28-5)10-19-21(18)16(13(3)23-19)11-20(17)25(4)12-14/h10-11,17,19,22,25H,6-9,12-14H2,1-5H3,(H,26,29);9-10,14,17,20,23H,6-8,11-12H2,1-5H3,(H,24,27)/t17-,19+,22+;14-,17+,20+/m00/s1. The molecule has 2 amide bonds. The Morgan fingerprint density at radius 2 is 1.35 bits per heavy atom. The molecule has 0 spiro atoms. The number of nitrogens with zero attached hydrogens (tertiary/aromatic N) is 4. The van der Waals surface area contributed by atoms with Gasteiger partial charge in [0.2, 0.25) is 0 Å². The molecule has 0 saturated carbocycles. The molecule has 2 aliphatic heterocycles. The summed E-state index contributed by atoms with van der Waals surface area (Å²) in [6, 6.07) is 11.2. The lowest BCUT2D eigenvalue weighted by atomic mass is 9.73. The molecule has 57 heavy (non-hydrogen) atoms. The fraction of sp³-hybridized carbons (Fsp3) is 0.609. The van der Waals surface area contributed by atoms with E-state index in [0.29, 0.717) is 30.0 Å². The number of thiocarbonyl (C=S) groups is 1. The fourth-order valence-electron chi connectivity index (χ4n) is 11.0. The average molecular weight is 813 g/mol. The molecule has 2 aliphatic carbocycles. The van der Waals surface area contributed by atoms with Gasteiger partial charge in [0.1, 0.15) is 0 Å². The molecule has 0 radical (unpaired) electrons. The molecule has 8 rings (SSSR count). The number of carbonyl (C=O) groups is 1. The number of urea groups is 1. The van der Waals surface area contributed by atoms with Gasteiger partial charge in [-0.2, -0.15) is 0 Å². The quantitative estimate of drug-likeness (QED) is 0.0998. The third-order valence-electron chi connectivity index (χ3n) is 13.7. The molecule has 4 N–H and O–H groups in total. The third-order valence-corrected chi connectivity index (χ3v) is 14.8. The zero-order valence-electron chi connectivity index (χ0n) is 36.3. The highest BCUT2D eigenvalue weighted by molar-refractivity contribution is 7.98. The monoisotopic (exact) mass is 812 g/mol. The normalized spacial score (nSPS) is 24.0. The predicted molar refractivity (Wildman–Crippen MR) is 244 cm³/mol. The third kappa shape index (κ3) is 8.07. The Morgan fingerprint density at radius 1 is 0.789 bits per heavy atom. The van der Waals surface area contributed by atoms with Gasteiger partial charge in [0.15, 0.2) is 5.11 Å². The van der Waals surface area contributed by atoms with Gasteiger partial charge in [-0.05, 0) is 159 Å². The van der Waals surface area contributed by atoms with E-state index in [1.807, 2.05) is 18.7 Å². The summed E-state index contributed by atoms with van der Waals surface area (Å²) >= 11 is 7.55. The second kappa shape index (κ2) is 17.5. The van der Waals surface area contributed by atoms with Crippen LogP contribution in [0.1, 0.15) is 105 Å². The second-order valence-corrected chi connectivity index (χ2v) is 18.4. The van der Waals surface area contributed by atoms with Gasteiger partial charge in [0, 0.05) is 113 Å². The molecular weight excluding hydrogens is 745 g/mol. The molecule has 0 bridgehead atoms. The Hall–Kier alpha value is -3.25. The Balaban J connectivity index is 0.000000174. The van der Waals surface area contributed by atoms with Crippen LogP contribution >= 0.6 is 24.0 Å². The lowest BCUT2D eigenvalue weighted by molar-refractivity contribution is 0.104. The van der Waals surface area contributed by atoms with E-state index < -0.39 is 0 Å². The van der Waals surface area contributed by atoms with Crippen LogP contribution in [0.25, 0.3) is 21.8 Å². The van der Waals surface area contributed by atoms with Crippen LogP contribution in [0.5, 0.6) is 0 Å². The number of fused-ring (bicyclic) bond motifs is 4. The molecule has 4 aliphatic rings. The van der Waals surface area contributed by atoms with E-state index >= 15 is 0 Å². The molecule has 2 saturated heterocycles. The van der Waals surface area contributed by atoms with Crippen LogP contribution in [-0.4, -0.2) is 124 Å². The minimum absolute atomic E-state index is 0.0684. The molecule has 2 fully saturated rings. The summed E-state index contributed by atoms with van der Waals surface area (Å²) in [7, 11) is 2.22. The number of benzene rings is 2. The number of H-pyrrole nitrogens is 2. The van der Waals surface area contributed by atoms with Gasteiger partial charge in [-0.25, -0.2) is 4.79 Å². The first kappa shape index (κ1) is 41.9. The number of hydrogen-bond acceptors (Lipinski definition) is 5. The Kier molecular flexibility index (Phi) is 12.9. The molecular formula is C46H68N8OS2. The summed E-state index contributed by atoms with van der Waals surface area (Å²) in [5, 5.41) is 10.9. The van der Waals surface area contributed by atoms with Crippen molar-refractivity contribution in [2.24, 2.45) is 0 Å². The lowest BCUT2D eigenvalue weighted by Gasteiger charge is -2.48. The van der Waals surface area contributed by atoms with Crippen molar-refractivity contribution >= 4 is 56.9 Å². The van der Waals surface area contributed by atoms with E-state index in [-0.39, 0.29) is 12.1 Å². The summed E-state index contributed by atoms with van der Waals surface area (Å²) < 4.78 is 0. The van der Waals surface area contributed by atoms with Gasteiger partial charge in [-0.3, -0.25) is 4.90 Å². The average Bonchev–Trinajstić information content (AvgIpc) is 3.68. The topological polar surface area (TPSA) is 85.7 Å². The molecule has 6 atom stereocenters. The molecule has 11 heteroatoms. The first-order valence-electron chi connectivity index (χ1n) is 21.8. The fourth-order valence-corrected chi connectivity index (χ4v) is 11.9. The van der Waals surface area contributed by atoms with E-state index in [1.54, 1.807) is 22.9 Å². The lowest BCUT2D eigenvalue weighted by Crippen LogP contribution is -2.57. The van der Waals surface area contributed by atoms with Crippen LogP contribution in [0.2, 0.25) is 0 Å². The SMILES string of the molecule is CCCN1C[C@@H](NC(=S)N(CC)CC)C[C@@H]2c3cc(C)cc4[nH]c(C)c(c34)C[C@H]21.CCN(CC)C(=O)N[C@H]1C[C@@H]2c3cc(SC)cc4[nH]c(C)c(c34)C[C@H]2N(C)C1. The van der Waals surface area contributed by atoms with E-state index in [0.717, 1.165) is 70.2 Å². The van der Waals surface area contributed by atoms with Gasteiger partial charge in [-0.1, -0.05) is 13.0 Å². The molecule has 9 nitrogen and oxygen atoms in total. The van der Waals surface area contributed by atoms with Gasteiger partial charge >= 0.3 is 6.03 Å². The van der Waals surface area contributed by atoms with Crippen molar-refractivity contribution in [3.8, 4) is 0 Å². The smallest absolute Gasteiger partial charge is 0.317 e. The molecule has 2 aromatic heterocycles. The maximum absolute atomic E-state index is 12.6. The number of aromatic amines is 2. The number of likely N-dealkylation sites (N-methyl/N-ethyl adjacent to an activating group) is 1. The van der Waals surface area contributed by atoms with Crippen LogP contribution in [0, 0.1) is 20.8 Å². The largest absolute Gasteiger partial charge is 0.359 e. The van der Waals surface area contributed by atoms with Crippen LogP contribution < -0.4 is 10.6 Å². The van der Waals surface area contributed by atoms with E-state index in [2.05, 4.69) is 114 Å². The number of hydrogen-bond donors (Lipinski definition) is 4. The number of rotatable bonds is 9. The Morgan fingerprint density at radius 3 is 1.95 bits per heavy atom. The van der Waals surface area contributed by atoms with Crippen LogP contribution in [0.4, 0.5) is 4.79 Å². The number of likely N-dealkylation sites (tertiary alicyclic amines) is 2. The van der Waals surface area contributed by atoms with Gasteiger partial charge < -0.3 is 35.3 Å².